The molecule has 0 radical (unpaired) electrons. The SMILES string of the molecule is CCc1ccc(C(CSc2ncns2)NC)cc1. The number of benzene rings is 1. The van der Waals surface area contributed by atoms with Gasteiger partial charge in [-0.15, -0.1) is 0 Å². The fourth-order valence-corrected chi connectivity index (χ4v) is 3.33. The molecule has 0 spiro atoms. The van der Waals surface area contributed by atoms with Gasteiger partial charge in [0.05, 0.1) is 0 Å². The smallest absolute Gasteiger partial charge is 0.169 e. The van der Waals surface area contributed by atoms with Crippen LogP contribution in [0.5, 0.6) is 0 Å². The normalized spacial score (nSPS) is 12.6. The number of hydrogen-bond donors (Lipinski definition) is 1. The molecule has 1 unspecified atom stereocenters. The molecule has 1 N–H and O–H groups in total. The second kappa shape index (κ2) is 6.87. The minimum Gasteiger partial charge on any atom is -0.312 e. The minimum absolute atomic E-state index is 0.352. The highest BCUT2D eigenvalue weighted by molar-refractivity contribution is 8.00. The topological polar surface area (TPSA) is 37.8 Å². The van der Waals surface area contributed by atoms with Crippen molar-refractivity contribution < 1.29 is 0 Å². The summed E-state index contributed by atoms with van der Waals surface area (Å²) in [4.78, 5) is 4.19. The lowest BCUT2D eigenvalue weighted by Gasteiger charge is -2.15. The maximum Gasteiger partial charge on any atom is 0.169 e. The van der Waals surface area contributed by atoms with Gasteiger partial charge in [-0.05, 0) is 36.1 Å². The Hall–Kier alpha value is -0.910. The predicted octanol–water partition coefficient (Wildman–Crippen LogP) is 3.15. The molecule has 0 bridgehead atoms. The standard InChI is InChI=1S/C13H17N3S2/c1-3-10-4-6-11(7-5-10)12(14-2)8-17-13-15-9-16-18-13/h4-7,9,12,14H,3,8H2,1-2H3. The summed E-state index contributed by atoms with van der Waals surface area (Å²) in [7, 11) is 2.00. The van der Waals surface area contributed by atoms with Crippen molar-refractivity contribution in [3.63, 3.8) is 0 Å². The zero-order valence-electron chi connectivity index (χ0n) is 10.6. The molecule has 0 amide bonds. The molecule has 0 aliphatic rings. The molecule has 96 valence electrons. The maximum absolute atomic E-state index is 4.19. The quantitative estimate of drug-likeness (QED) is 0.824. The summed E-state index contributed by atoms with van der Waals surface area (Å²) in [5.74, 6) is 0.969. The van der Waals surface area contributed by atoms with Gasteiger partial charge >= 0.3 is 0 Å². The van der Waals surface area contributed by atoms with E-state index in [9.17, 15) is 0 Å². The van der Waals surface area contributed by atoms with Gasteiger partial charge in [0.2, 0.25) is 0 Å². The van der Waals surface area contributed by atoms with Gasteiger partial charge in [-0.25, -0.2) is 4.98 Å². The summed E-state index contributed by atoms with van der Waals surface area (Å²) in [6, 6.07) is 9.18. The molecule has 0 aliphatic heterocycles. The van der Waals surface area contributed by atoms with Crippen molar-refractivity contribution >= 4 is 23.3 Å². The van der Waals surface area contributed by atoms with E-state index >= 15 is 0 Å². The van der Waals surface area contributed by atoms with E-state index in [0.29, 0.717) is 6.04 Å². The average Bonchev–Trinajstić information content (AvgIpc) is 2.93. The zero-order valence-corrected chi connectivity index (χ0v) is 12.2. The van der Waals surface area contributed by atoms with Crippen LogP contribution in [-0.4, -0.2) is 22.2 Å². The summed E-state index contributed by atoms with van der Waals surface area (Å²) in [6.07, 6.45) is 2.70. The summed E-state index contributed by atoms with van der Waals surface area (Å²) in [5.41, 5.74) is 2.71. The van der Waals surface area contributed by atoms with Gasteiger partial charge in [0.1, 0.15) is 6.33 Å². The number of nitrogens with one attached hydrogen (secondary N) is 1. The molecule has 0 fully saturated rings. The Bertz CT molecular complexity index is 454. The number of thioether (sulfide) groups is 1. The highest BCUT2D eigenvalue weighted by Crippen LogP contribution is 2.25. The van der Waals surface area contributed by atoms with Crippen LogP contribution in [0.25, 0.3) is 0 Å². The first kappa shape index (κ1) is 13.5. The van der Waals surface area contributed by atoms with E-state index in [-0.39, 0.29) is 0 Å². The van der Waals surface area contributed by atoms with Crippen LogP contribution in [-0.2, 0) is 6.42 Å². The lowest BCUT2D eigenvalue weighted by molar-refractivity contribution is 0.661. The van der Waals surface area contributed by atoms with Gasteiger partial charge in [0, 0.05) is 11.8 Å². The predicted molar refractivity (Wildman–Crippen MR) is 78.3 cm³/mol. The van der Waals surface area contributed by atoms with Crippen LogP contribution in [0.1, 0.15) is 24.1 Å². The van der Waals surface area contributed by atoms with Gasteiger partial charge in [-0.3, -0.25) is 0 Å². The second-order valence-electron chi connectivity index (χ2n) is 3.95. The van der Waals surface area contributed by atoms with Gasteiger partial charge < -0.3 is 5.32 Å². The molecule has 2 aromatic rings. The molecule has 18 heavy (non-hydrogen) atoms. The first-order valence-corrected chi connectivity index (χ1v) is 7.75. The fourth-order valence-electron chi connectivity index (χ4n) is 1.71. The molecule has 0 aliphatic carbocycles. The van der Waals surface area contributed by atoms with Crippen molar-refractivity contribution in [1.29, 1.82) is 0 Å². The summed E-state index contributed by atoms with van der Waals surface area (Å²) in [6.45, 7) is 2.18. The zero-order chi connectivity index (χ0) is 12.8. The third kappa shape index (κ3) is 3.54. The van der Waals surface area contributed by atoms with Crippen LogP contribution in [0.3, 0.4) is 0 Å². The molecule has 3 nitrogen and oxygen atoms in total. The molecule has 1 heterocycles. The molecule has 1 atom stereocenters. The van der Waals surface area contributed by atoms with Crippen LogP contribution in [0.4, 0.5) is 0 Å². The summed E-state index contributed by atoms with van der Waals surface area (Å²) in [5, 5.41) is 3.35. The van der Waals surface area contributed by atoms with Gasteiger partial charge in [-0.2, -0.15) is 4.37 Å². The highest BCUT2D eigenvalue weighted by atomic mass is 32.2. The third-order valence-corrected chi connectivity index (χ3v) is 4.74. The first-order valence-electron chi connectivity index (χ1n) is 5.99. The van der Waals surface area contributed by atoms with Gasteiger partial charge in [0.15, 0.2) is 4.34 Å². The van der Waals surface area contributed by atoms with Crippen LogP contribution in [0.2, 0.25) is 0 Å². The Kier molecular flexibility index (Phi) is 5.16. The highest BCUT2D eigenvalue weighted by Gasteiger charge is 2.10. The number of nitrogens with zero attached hydrogens (tertiary/aromatic N) is 2. The molecule has 2 rings (SSSR count). The first-order chi connectivity index (χ1) is 8.83. The number of aryl methyl sites for hydroxylation is 1. The lowest BCUT2D eigenvalue weighted by Crippen LogP contribution is -2.18. The number of rotatable bonds is 6. The molecule has 0 saturated carbocycles. The van der Waals surface area contributed by atoms with E-state index in [2.05, 4.69) is 45.9 Å². The Morgan fingerprint density at radius 1 is 1.33 bits per heavy atom. The monoisotopic (exact) mass is 279 g/mol. The van der Waals surface area contributed by atoms with E-state index in [0.717, 1.165) is 16.5 Å². The average molecular weight is 279 g/mol. The Morgan fingerprint density at radius 2 is 2.11 bits per heavy atom. The van der Waals surface area contributed by atoms with E-state index in [1.807, 2.05) is 7.05 Å². The molecular weight excluding hydrogens is 262 g/mol. The van der Waals surface area contributed by atoms with Crippen molar-refractivity contribution in [2.45, 2.75) is 23.7 Å². The number of hydrogen-bond acceptors (Lipinski definition) is 5. The molecular formula is C13H17N3S2. The molecule has 1 aromatic heterocycles. The van der Waals surface area contributed by atoms with Crippen molar-refractivity contribution in [3.8, 4) is 0 Å². The van der Waals surface area contributed by atoms with Gasteiger partial charge in [0.25, 0.3) is 0 Å². The fraction of sp³-hybridized carbons (Fsp3) is 0.385. The van der Waals surface area contributed by atoms with E-state index in [4.69, 9.17) is 0 Å². The summed E-state index contributed by atoms with van der Waals surface area (Å²) >= 11 is 3.20. The van der Waals surface area contributed by atoms with E-state index in [1.165, 1.54) is 22.7 Å². The van der Waals surface area contributed by atoms with Crippen LogP contribution in [0.15, 0.2) is 34.9 Å². The molecule has 0 saturated heterocycles. The van der Waals surface area contributed by atoms with Crippen molar-refractivity contribution in [3.05, 3.63) is 41.7 Å². The van der Waals surface area contributed by atoms with Crippen molar-refractivity contribution in [2.24, 2.45) is 0 Å². The number of aromatic nitrogens is 2. The van der Waals surface area contributed by atoms with Crippen LogP contribution in [0, 0.1) is 0 Å². The minimum atomic E-state index is 0.352. The third-order valence-electron chi connectivity index (χ3n) is 2.85. The van der Waals surface area contributed by atoms with Crippen molar-refractivity contribution in [1.82, 2.24) is 14.7 Å². The van der Waals surface area contributed by atoms with E-state index < -0.39 is 0 Å². The Morgan fingerprint density at radius 3 is 2.67 bits per heavy atom. The maximum atomic E-state index is 4.19. The van der Waals surface area contributed by atoms with E-state index in [1.54, 1.807) is 18.1 Å². The lowest BCUT2D eigenvalue weighted by atomic mass is 10.1. The Labute approximate surface area is 116 Å². The molecule has 1 aromatic carbocycles. The van der Waals surface area contributed by atoms with Gasteiger partial charge in [-0.1, -0.05) is 43.0 Å². The van der Waals surface area contributed by atoms with Crippen LogP contribution < -0.4 is 5.32 Å². The molecule has 5 heteroatoms. The largest absolute Gasteiger partial charge is 0.312 e. The Balaban J connectivity index is 1.98. The van der Waals surface area contributed by atoms with Crippen molar-refractivity contribution in [2.75, 3.05) is 12.8 Å². The van der Waals surface area contributed by atoms with Crippen LogP contribution >= 0.6 is 23.3 Å². The second-order valence-corrected chi connectivity index (χ2v) is 6.00. The summed E-state index contributed by atoms with van der Waals surface area (Å²) < 4.78 is 5.04.